The topological polar surface area (TPSA) is 22.1 Å². The van der Waals surface area contributed by atoms with Crippen molar-refractivity contribution in [3.05, 3.63) is 30.1 Å². The zero-order chi connectivity index (χ0) is 9.15. The van der Waals surface area contributed by atoms with Crippen molar-refractivity contribution in [2.75, 3.05) is 19.0 Å². The normalized spacial score (nSPS) is 19.5. The second kappa shape index (κ2) is 3.68. The summed E-state index contributed by atoms with van der Waals surface area (Å²) in [4.78, 5) is 4.02. The molecule has 0 aromatic carbocycles. The lowest BCUT2D eigenvalue weighted by Crippen LogP contribution is -2.47. The van der Waals surface area contributed by atoms with Gasteiger partial charge in [-0.3, -0.25) is 4.98 Å². The standard InChI is InChI=1S/C10H13NOS/c13-6-3-10(7-12-8-10)9-1-4-11-5-2-9/h1-2,4-5,13H,3,6-8H2. The molecule has 0 aliphatic carbocycles. The summed E-state index contributed by atoms with van der Waals surface area (Å²) in [5, 5.41) is 0. The van der Waals surface area contributed by atoms with Gasteiger partial charge >= 0.3 is 0 Å². The number of hydrogen-bond acceptors (Lipinski definition) is 3. The fourth-order valence-corrected chi connectivity index (χ4v) is 2.15. The van der Waals surface area contributed by atoms with Crippen molar-refractivity contribution in [3.63, 3.8) is 0 Å². The summed E-state index contributed by atoms with van der Waals surface area (Å²) >= 11 is 4.28. The molecule has 0 spiro atoms. The molecule has 0 atom stereocenters. The highest BCUT2D eigenvalue weighted by Crippen LogP contribution is 2.35. The molecule has 0 bridgehead atoms. The van der Waals surface area contributed by atoms with Crippen molar-refractivity contribution in [2.24, 2.45) is 0 Å². The number of hydrogen-bond donors (Lipinski definition) is 1. The van der Waals surface area contributed by atoms with E-state index in [1.807, 2.05) is 12.4 Å². The van der Waals surface area contributed by atoms with Crippen LogP contribution in [0.4, 0.5) is 0 Å². The summed E-state index contributed by atoms with van der Waals surface area (Å²) in [5.74, 6) is 0.908. The van der Waals surface area contributed by atoms with Crippen LogP contribution in [0.1, 0.15) is 12.0 Å². The van der Waals surface area contributed by atoms with Gasteiger partial charge in [0, 0.05) is 17.8 Å². The van der Waals surface area contributed by atoms with Gasteiger partial charge in [-0.2, -0.15) is 12.6 Å². The maximum atomic E-state index is 5.29. The third-order valence-corrected chi connectivity index (χ3v) is 2.86. The molecule has 0 N–H and O–H groups in total. The summed E-state index contributed by atoms with van der Waals surface area (Å²) in [5.41, 5.74) is 1.56. The summed E-state index contributed by atoms with van der Waals surface area (Å²) < 4.78 is 5.29. The SMILES string of the molecule is SCCC1(c2ccncc2)COC1. The van der Waals surface area contributed by atoms with E-state index in [0.717, 1.165) is 25.4 Å². The predicted molar refractivity (Wildman–Crippen MR) is 55.2 cm³/mol. The Labute approximate surface area is 83.7 Å². The fraction of sp³-hybridized carbons (Fsp3) is 0.500. The lowest BCUT2D eigenvalue weighted by atomic mass is 9.77. The Morgan fingerprint density at radius 2 is 2.08 bits per heavy atom. The molecule has 1 aliphatic rings. The zero-order valence-electron chi connectivity index (χ0n) is 7.44. The Balaban J connectivity index is 2.22. The van der Waals surface area contributed by atoms with Gasteiger partial charge in [-0.15, -0.1) is 0 Å². The van der Waals surface area contributed by atoms with E-state index in [9.17, 15) is 0 Å². The van der Waals surface area contributed by atoms with Crippen molar-refractivity contribution in [2.45, 2.75) is 11.8 Å². The molecule has 0 unspecified atom stereocenters. The molecule has 0 amide bonds. The van der Waals surface area contributed by atoms with E-state index in [-0.39, 0.29) is 5.41 Å². The highest BCUT2D eigenvalue weighted by atomic mass is 32.1. The second-order valence-corrected chi connectivity index (χ2v) is 3.93. The van der Waals surface area contributed by atoms with Crippen LogP contribution in [0.3, 0.4) is 0 Å². The average Bonchev–Trinajstić information content (AvgIpc) is 2.13. The van der Waals surface area contributed by atoms with Crippen LogP contribution < -0.4 is 0 Å². The molecule has 0 saturated carbocycles. The molecule has 3 heteroatoms. The smallest absolute Gasteiger partial charge is 0.0585 e. The Morgan fingerprint density at radius 1 is 1.38 bits per heavy atom. The highest BCUT2D eigenvalue weighted by Gasteiger charge is 2.39. The minimum atomic E-state index is 0.227. The number of ether oxygens (including phenoxy) is 1. The quantitative estimate of drug-likeness (QED) is 0.741. The monoisotopic (exact) mass is 195 g/mol. The van der Waals surface area contributed by atoms with E-state index in [0.29, 0.717) is 0 Å². The van der Waals surface area contributed by atoms with Crippen molar-refractivity contribution in [1.29, 1.82) is 0 Å². The second-order valence-electron chi connectivity index (χ2n) is 3.48. The maximum absolute atomic E-state index is 5.29. The molecule has 1 fully saturated rings. The van der Waals surface area contributed by atoms with Gasteiger partial charge in [0.05, 0.1) is 13.2 Å². The van der Waals surface area contributed by atoms with E-state index in [2.05, 4.69) is 29.7 Å². The minimum absolute atomic E-state index is 0.227. The molecular formula is C10H13NOS. The predicted octanol–water partition coefficient (Wildman–Crippen LogP) is 1.67. The number of aromatic nitrogens is 1. The van der Waals surface area contributed by atoms with Crippen LogP contribution in [0.15, 0.2) is 24.5 Å². The van der Waals surface area contributed by atoms with Crippen LogP contribution in [0.25, 0.3) is 0 Å². The van der Waals surface area contributed by atoms with Crippen molar-refractivity contribution < 1.29 is 4.74 Å². The van der Waals surface area contributed by atoms with Gasteiger partial charge in [0.2, 0.25) is 0 Å². The molecule has 70 valence electrons. The molecule has 2 heterocycles. The lowest BCUT2D eigenvalue weighted by molar-refractivity contribution is -0.0614. The minimum Gasteiger partial charge on any atom is -0.379 e. The molecule has 1 aliphatic heterocycles. The molecular weight excluding hydrogens is 182 g/mol. The first-order chi connectivity index (χ1) is 6.37. The van der Waals surface area contributed by atoms with Crippen molar-refractivity contribution >= 4 is 12.6 Å². The van der Waals surface area contributed by atoms with Crippen LogP contribution in [0, 0.1) is 0 Å². The Morgan fingerprint density at radius 3 is 2.54 bits per heavy atom. The largest absolute Gasteiger partial charge is 0.379 e. The van der Waals surface area contributed by atoms with E-state index in [1.54, 1.807) is 0 Å². The van der Waals surface area contributed by atoms with Crippen molar-refractivity contribution in [1.82, 2.24) is 4.98 Å². The molecule has 2 nitrogen and oxygen atoms in total. The molecule has 1 saturated heterocycles. The van der Waals surface area contributed by atoms with E-state index >= 15 is 0 Å². The number of nitrogens with zero attached hydrogens (tertiary/aromatic N) is 1. The summed E-state index contributed by atoms with van der Waals surface area (Å²) in [6.45, 7) is 1.66. The van der Waals surface area contributed by atoms with Gasteiger partial charge in [-0.25, -0.2) is 0 Å². The van der Waals surface area contributed by atoms with E-state index < -0.39 is 0 Å². The first-order valence-corrected chi connectivity index (χ1v) is 5.10. The van der Waals surface area contributed by atoms with Crippen LogP contribution in [-0.2, 0) is 10.2 Å². The Bertz CT molecular complexity index is 272. The molecule has 0 radical (unpaired) electrons. The number of pyridine rings is 1. The summed E-state index contributed by atoms with van der Waals surface area (Å²) in [7, 11) is 0. The van der Waals surface area contributed by atoms with Crippen LogP contribution in [0.5, 0.6) is 0 Å². The summed E-state index contributed by atoms with van der Waals surface area (Å²) in [6, 6.07) is 4.15. The zero-order valence-corrected chi connectivity index (χ0v) is 8.33. The van der Waals surface area contributed by atoms with Gasteiger partial charge in [0.1, 0.15) is 0 Å². The fourth-order valence-electron chi connectivity index (χ4n) is 1.72. The molecule has 13 heavy (non-hydrogen) atoms. The van der Waals surface area contributed by atoms with Gasteiger partial charge in [0.25, 0.3) is 0 Å². The number of rotatable bonds is 3. The van der Waals surface area contributed by atoms with Gasteiger partial charge in [-0.1, -0.05) is 0 Å². The first kappa shape index (κ1) is 9.03. The average molecular weight is 195 g/mol. The third kappa shape index (κ3) is 1.58. The summed E-state index contributed by atoms with van der Waals surface area (Å²) in [6.07, 6.45) is 4.77. The highest BCUT2D eigenvalue weighted by molar-refractivity contribution is 7.80. The van der Waals surface area contributed by atoms with Crippen LogP contribution >= 0.6 is 12.6 Å². The van der Waals surface area contributed by atoms with E-state index in [1.165, 1.54) is 5.56 Å². The van der Waals surface area contributed by atoms with Gasteiger partial charge < -0.3 is 4.74 Å². The maximum Gasteiger partial charge on any atom is 0.0585 e. The van der Waals surface area contributed by atoms with E-state index in [4.69, 9.17) is 4.74 Å². The number of thiol groups is 1. The van der Waals surface area contributed by atoms with Crippen molar-refractivity contribution in [3.8, 4) is 0 Å². The molecule has 2 rings (SSSR count). The first-order valence-electron chi connectivity index (χ1n) is 4.46. The third-order valence-electron chi connectivity index (χ3n) is 2.64. The Kier molecular flexibility index (Phi) is 2.56. The molecule has 1 aromatic rings. The van der Waals surface area contributed by atoms with Crippen LogP contribution in [-0.4, -0.2) is 24.0 Å². The molecule has 1 aromatic heterocycles. The van der Waals surface area contributed by atoms with Gasteiger partial charge in [-0.05, 0) is 29.9 Å². The van der Waals surface area contributed by atoms with Gasteiger partial charge in [0.15, 0.2) is 0 Å². The lowest BCUT2D eigenvalue weighted by Gasteiger charge is -2.41. The van der Waals surface area contributed by atoms with Crippen LogP contribution in [0.2, 0.25) is 0 Å². The Hall–Kier alpha value is -0.540.